The third-order valence-electron chi connectivity index (χ3n) is 2.40. The lowest BCUT2D eigenvalue weighted by Gasteiger charge is -2.07. The summed E-state index contributed by atoms with van der Waals surface area (Å²) in [6, 6.07) is 9.28. The van der Waals surface area contributed by atoms with Crippen molar-refractivity contribution in [1.82, 2.24) is 4.98 Å². The van der Waals surface area contributed by atoms with Gasteiger partial charge in [-0.3, -0.25) is 0 Å². The fourth-order valence-corrected chi connectivity index (χ4v) is 1.62. The number of carboxylic acid groups (broad SMARTS) is 1. The van der Waals surface area contributed by atoms with Crippen LogP contribution in [0.3, 0.4) is 0 Å². The van der Waals surface area contributed by atoms with E-state index in [0.717, 1.165) is 0 Å². The van der Waals surface area contributed by atoms with Crippen LogP contribution in [0.5, 0.6) is 0 Å². The molecule has 2 aromatic rings. The Morgan fingerprint density at radius 1 is 1.18 bits per heavy atom. The highest BCUT2D eigenvalue weighted by molar-refractivity contribution is 5.94. The van der Waals surface area contributed by atoms with Crippen LogP contribution in [0.1, 0.15) is 16.2 Å². The summed E-state index contributed by atoms with van der Waals surface area (Å²) in [6.45, 7) is 1.69. The molecule has 1 aromatic heterocycles. The molecule has 2 rings (SSSR count). The highest BCUT2D eigenvalue weighted by atomic mass is 19.1. The predicted octanol–water partition coefficient (Wildman–Crippen LogP) is 2.89. The van der Waals surface area contributed by atoms with Crippen LogP contribution in [0.25, 0.3) is 11.1 Å². The maximum atomic E-state index is 13.6. The van der Waals surface area contributed by atoms with Gasteiger partial charge in [0.25, 0.3) is 0 Å². The van der Waals surface area contributed by atoms with E-state index in [0.29, 0.717) is 11.3 Å². The average Bonchev–Trinajstić information content (AvgIpc) is 2.30. The molecule has 4 heteroatoms. The lowest BCUT2D eigenvalue weighted by molar-refractivity contribution is 0.0691. The summed E-state index contributed by atoms with van der Waals surface area (Å²) < 4.78 is 13.6. The molecule has 0 unspecified atom stereocenters. The van der Waals surface area contributed by atoms with E-state index in [1.54, 1.807) is 31.2 Å². The second-order valence-corrected chi connectivity index (χ2v) is 3.63. The van der Waals surface area contributed by atoms with Crippen molar-refractivity contribution in [3.63, 3.8) is 0 Å². The quantitative estimate of drug-likeness (QED) is 0.864. The molecule has 0 atom stereocenters. The first kappa shape index (κ1) is 11.3. The van der Waals surface area contributed by atoms with Crippen LogP contribution in [0, 0.1) is 12.7 Å². The number of carboxylic acids is 1. The van der Waals surface area contributed by atoms with Gasteiger partial charge >= 0.3 is 5.97 Å². The first-order valence-corrected chi connectivity index (χ1v) is 5.05. The number of rotatable bonds is 2. The van der Waals surface area contributed by atoms with E-state index in [2.05, 4.69) is 4.98 Å². The van der Waals surface area contributed by atoms with Gasteiger partial charge in [-0.25, -0.2) is 14.2 Å². The Labute approximate surface area is 97.6 Å². The molecule has 0 aliphatic heterocycles. The smallest absolute Gasteiger partial charge is 0.355 e. The van der Waals surface area contributed by atoms with Crippen LogP contribution in [0.4, 0.5) is 4.39 Å². The molecule has 0 fully saturated rings. The molecular formula is C13H10FNO2. The molecule has 1 aromatic carbocycles. The molecule has 17 heavy (non-hydrogen) atoms. The van der Waals surface area contributed by atoms with Gasteiger partial charge in [-0.2, -0.15) is 0 Å². The molecule has 0 aliphatic rings. The molecule has 0 amide bonds. The van der Waals surface area contributed by atoms with E-state index in [4.69, 9.17) is 5.11 Å². The third-order valence-corrected chi connectivity index (χ3v) is 2.40. The van der Waals surface area contributed by atoms with Gasteiger partial charge in [0.2, 0.25) is 0 Å². The van der Waals surface area contributed by atoms with E-state index in [9.17, 15) is 9.18 Å². The van der Waals surface area contributed by atoms with E-state index >= 15 is 0 Å². The summed E-state index contributed by atoms with van der Waals surface area (Å²) >= 11 is 0. The molecule has 0 bridgehead atoms. The second-order valence-electron chi connectivity index (χ2n) is 3.63. The van der Waals surface area contributed by atoms with Crippen LogP contribution < -0.4 is 0 Å². The zero-order valence-electron chi connectivity index (χ0n) is 9.14. The number of hydrogen-bond acceptors (Lipinski definition) is 2. The molecule has 0 saturated heterocycles. The van der Waals surface area contributed by atoms with Gasteiger partial charge in [-0.15, -0.1) is 0 Å². The molecule has 0 aliphatic carbocycles. The lowest BCUT2D eigenvalue weighted by Crippen LogP contribution is -2.05. The van der Waals surface area contributed by atoms with E-state index in [1.807, 2.05) is 0 Å². The van der Waals surface area contributed by atoms with Crippen molar-refractivity contribution in [3.05, 3.63) is 53.6 Å². The minimum atomic E-state index is -1.16. The monoisotopic (exact) mass is 231 g/mol. The first-order valence-electron chi connectivity index (χ1n) is 5.05. The highest BCUT2D eigenvalue weighted by Gasteiger charge is 2.15. The van der Waals surface area contributed by atoms with E-state index < -0.39 is 11.8 Å². The van der Waals surface area contributed by atoms with Crippen LogP contribution in [-0.2, 0) is 0 Å². The summed E-state index contributed by atoms with van der Waals surface area (Å²) in [6.07, 6.45) is 0. The van der Waals surface area contributed by atoms with Crippen molar-refractivity contribution < 1.29 is 14.3 Å². The minimum absolute atomic E-state index is 0.130. The summed E-state index contributed by atoms with van der Waals surface area (Å²) in [5.41, 5.74) is 0.996. The first-order chi connectivity index (χ1) is 8.09. The van der Waals surface area contributed by atoms with Gasteiger partial charge in [0.05, 0.1) is 0 Å². The topological polar surface area (TPSA) is 50.2 Å². The van der Waals surface area contributed by atoms with Crippen molar-refractivity contribution in [3.8, 4) is 11.1 Å². The third kappa shape index (κ3) is 2.15. The van der Waals surface area contributed by atoms with Crippen LogP contribution >= 0.6 is 0 Å². The number of halogens is 1. The van der Waals surface area contributed by atoms with Gasteiger partial charge in [-0.05, 0) is 19.1 Å². The van der Waals surface area contributed by atoms with Crippen molar-refractivity contribution in [2.45, 2.75) is 6.92 Å². The number of benzene rings is 1. The zero-order valence-corrected chi connectivity index (χ0v) is 9.14. The average molecular weight is 231 g/mol. The number of carbonyl (C=O) groups is 1. The van der Waals surface area contributed by atoms with Gasteiger partial charge in [0, 0.05) is 16.8 Å². The van der Waals surface area contributed by atoms with Crippen molar-refractivity contribution in [2.75, 3.05) is 0 Å². The van der Waals surface area contributed by atoms with E-state index in [1.165, 1.54) is 12.1 Å². The van der Waals surface area contributed by atoms with Gasteiger partial charge in [0.1, 0.15) is 5.82 Å². The maximum Gasteiger partial charge on any atom is 0.355 e. The van der Waals surface area contributed by atoms with Crippen LogP contribution in [0.15, 0.2) is 36.4 Å². The van der Waals surface area contributed by atoms with Crippen LogP contribution in [0.2, 0.25) is 0 Å². The number of pyridine rings is 1. The molecule has 0 spiro atoms. The number of nitrogens with zero attached hydrogens (tertiary/aromatic N) is 1. The summed E-state index contributed by atoms with van der Waals surface area (Å²) in [5, 5.41) is 9.06. The molecule has 1 N–H and O–H groups in total. The standard InChI is InChI=1S/C13H10FNO2/c1-8-6-7-10(12(15-8)13(16)17)9-4-2-3-5-11(9)14/h2-7H,1H3,(H,16,17). The second kappa shape index (κ2) is 4.33. The Morgan fingerprint density at radius 3 is 2.53 bits per heavy atom. The number of aromatic nitrogens is 1. The highest BCUT2D eigenvalue weighted by Crippen LogP contribution is 2.25. The summed E-state index contributed by atoms with van der Waals surface area (Å²) in [4.78, 5) is 15.0. The van der Waals surface area contributed by atoms with E-state index in [-0.39, 0.29) is 11.3 Å². The Balaban J connectivity index is 2.68. The van der Waals surface area contributed by atoms with Gasteiger partial charge in [0.15, 0.2) is 5.69 Å². The Bertz CT molecular complexity index is 581. The SMILES string of the molecule is Cc1ccc(-c2ccccc2F)c(C(=O)O)n1. The summed E-state index contributed by atoms with van der Waals surface area (Å²) in [5.74, 6) is -1.62. The van der Waals surface area contributed by atoms with Crippen LogP contribution in [-0.4, -0.2) is 16.1 Å². The normalized spacial score (nSPS) is 10.2. The molecular weight excluding hydrogens is 221 g/mol. The molecule has 0 saturated carbocycles. The molecule has 86 valence electrons. The zero-order chi connectivity index (χ0) is 12.4. The number of hydrogen-bond donors (Lipinski definition) is 1. The Hall–Kier alpha value is -2.23. The maximum absolute atomic E-state index is 13.6. The van der Waals surface area contributed by atoms with Gasteiger partial charge < -0.3 is 5.11 Å². The molecule has 1 heterocycles. The fourth-order valence-electron chi connectivity index (χ4n) is 1.62. The Kier molecular flexibility index (Phi) is 2.87. The number of aryl methyl sites for hydroxylation is 1. The molecule has 0 radical (unpaired) electrons. The largest absolute Gasteiger partial charge is 0.476 e. The minimum Gasteiger partial charge on any atom is -0.476 e. The van der Waals surface area contributed by atoms with Gasteiger partial charge in [-0.1, -0.05) is 24.3 Å². The lowest BCUT2D eigenvalue weighted by atomic mass is 10.0. The van der Waals surface area contributed by atoms with Crippen molar-refractivity contribution >= 4 is 5.97 Å². The van der Waals surface area contributed by atoms with Crippen molar-refractivity contribution in [2.24, 2.45) is 0 Å². The predicted molar refractivity (Wildman–Crippen MR) is 61.3 cm³/mol. The fraction of sp³-hybridized carbons (Fsp3) is 0.0769. The Morgan fingerprint density at radius 2 is 1.88 bits per heavy atom. The summed E-state index contributed by atoms with van der Waals surface area (Å²) in [7, 11) is 0. The number of aromatic carboxylic acids is 1. The molecule has 3 nitrogen and oxygen atoms in total. The van der Waals surface area contributed by atoms with Crippen molar-refractivity contribution in [1.29, 1.82) is 0 Å².